The monoisotopic (exact) mass is 332 g/mol. The zero-order chi connectivity index (χ0) is 16.8. The first-order chi connectivity index (χ1) is 11.0. The molecule has 0 bridgehead atoms. The van der Waals surface area contributed by atoms with Crippen LogP contribution in [0.25, 0.3) is 0 Å². The first-order valence-corrected chi connectivity index (χ1v) is 8.00. The summed E-state index contributed by atoms with van der Waals surface area (Å²) in [6, 6.07) is 2.52. The fraction of sp³-hybridized carbons (Fsp3) is 0.647. The summed E-state index contributed by atoms with van der Waals surface area (Å²) in [5.74, 6) is -2.28. The Morgan fingerprint density at radius 3 is 2.39 bits per heavy atom. The minimum atomic E-state index is -1.29. The lowest BCUT2D eigenvalue weighted by atomic mass is 9.97. The van der Waals surface area contributed by atoms with Crippen molar-refractivity contribution in [2.24, 2.45) is 5.92 Å². The van der Waals surface area contributed by atoms with Gasteiger partial charge in [0.05, 0.1) is 12.7 Å². The highest BCUT2D eigenvalue weighted by molar-refractivity contribution is 5.35. The molecule has 1 saturated heterocycles. The Labute approximate surface area is 134 Å². The van der Waals surface area contributed by atoms with E-state index in [2.05, 4.69) is 6.92 Å². The van der Waals surface area contributed by atoms with Crippen LogP contribution in [-0.4, -0.2) is 32.1 Å². The Balaban J connectivity index is 1.84. The molecule has 0 radical (unpaired) electrons. The predicted molar refractivity (Wildman–Crippen MR) is 80.7 cm³/mol. The largest absolute Gasteiger partial charge is 0.491 e. The molecule has 0 N–H and O–H groups in total. The molecule has 2 rings (SSSR count). The second-order valence-electron chi connectivity index (χ2n) is 5.90. The van der Waals surface area contributed by atoms with Gasteiger partial charge in [-0.2, -0.15) is 8.78 Å². The van der Waals surface area contributed by atoms with Gasteiger partial charge in [0.15, 0.2) is 11.5 Å². The normalized spacial score (nSPS) is 22.7. The van der Waals surface area contributed by atoms with E-state index in [1.165, 1.54) is 12.1 Å². The molecule has 1 fully saturated rings. The van der Waals surface area contributed by atoms with Crippen molar-refractivity contribution in [3.8, 4) is 11.5 Å². The van der Waals surface area contributed by atoms with E-state index in [1.54, 1.807) is 6.92 Å². The lowest BCUT2D eigenvalue weighted by Crippen LogP contribution is -2.29. The molecule has 23 heavy (non-hydrogen) atoms. The van der Waals surface area contributed by atoms with Gasteiger partial charge >= 0.3 is 0 Å². The fourth-order valence-electron chi connectivity index (χ4n) is 2.55. The fourth-order valence-corrected chi connectivity index (χ4v) is 2.55. The van der Waals surface area contributed by atoms with E-state index in [9.17, 15) is 13.2 Å². The zero-order valence-corrected chi connectivity index (χ0v) is 13.5. The van der Waals surface area contributed by atoms with Gasteiger partial charge in [-0.05, 0) is 37.8 Å². The van der Waals surface area contributed by atoms with Gasteiger partial charge < -0.3 is 14.2 Å². The summed E-state index contributed by atoms with van der Waals surface area (Å²) < 4.78 is 57.0. The molecule has 1 aliphatic heterocycles. The SMILES string of the molecule is CCOc1ccc(OCC(F)CC2CCC(C)CO2)c(F)c1F. The Morgan fingerprint density at radius 1 is 1.17 bits per heavy atom. The summed E-state index contributed by atoms with van der Waals surface area (Å²) in [6.45, 7) is 4.29. The molecule has 1 heterocycles. The quantitative estimate of drug-likeness (QED) is 0.746. The van der Waals surface area contributed by atoms with E-state index >= 15 is 0 Å². The summed E-state index contributed by atoms with van der Waals surface area (Å²) in [5, 5.41) is 0. The van der Waals surface area contributed by atoms with Crippen LogP contribution in [0, 0.1) is 17.6 Å². The third-order valence-corrected chi connectivity index (χ3v) is 3.85. The molecule has 130 valence electrons. The maximum absolute atomic E-state index is 14.0. The number of halogens is 3. The van der Waals surface area contributed by atoms with Crippen molar-refractivity contribution in [1.82, 2.24) is 0 Å². The van der Waals surface area contributed by atoms with Crippen molar-refractivity contribution in [2.75, 3.05) is 19.8 Å². The van der Waals surface area contributed by atoms with Gasteiger partial charge in [-0.15, -0.1) is 0 Å². The smallest absolute Gasteiger partial charge is 0.204 e. The molecule has 3 nitrogen and oxygen atoms in total. The highest BCUT2D eigenvalue weighted by Crippen LogP contribution is 2.28. The second-order valence-corrected chi connectivity index (χ2v) is 5.90. The lowest BCUT2D eigenvalue weighted by Gasteiger charge is -2.27. The van der Waals surface area contributed by atoms with Crippen LogP contribution in [0.1, 0.15) is 33.1 Å². The highest BCUT2D eigenvalue weighted by Gasteiger charge is 2.23. The molecule has 1 aliphatic rings. The molecule has 1 aromatic carbocycles. The van der Waals surface area contributed by atoms with Crippen LogP contribution in [0.15, 0.2) is 12.1 Å². The Morgan fingerprint density at radius 2 is 1.83 bits per heavy atom. The van der Waals surface area contributed by atoms with Gasteiger partial charge in [0.1, 0.15) is 12.8 Å². The van der Waals surface area contributed by atoms with Gasteiger partial charge in [-0.1, -0.05) is 6.92 Å². The molecule has 6 heteroatoms. The first-order valence-electron chi connectivity index (χ1n) is 8.00. The molecule has 0 aliphatic carbocycles. The van der Waals surface area contributed by atoms with Gasteiger partial charge in [-0.25, -0.2) is 4.39 Å². The van der Waals surface area contributed by atoms with Crippen LogP contribution in [0.5, 0.6) is 11.5 Å². The van der Waals surface area contributed by atoms with Gasteiger partial charge in [0, 0.05) is 13.0 Å². The Hall–Kier alpha value is -1.43. The van der Waals surface area contributed by atoms with E-state index in [-0.39, 0.29) is 37.2 Å². The summed E-state index contributed by atoms with van der Waals surface area (Å²) >= 11 is 0. The summed E-state index contributed by atoms with van der Waals surface area (Å²) in [6.07, 6.45) is 0.604. The number of hydrogen-bond donors (Lipinski definition) is 0. The van der Waals surface area contributed by atoms with Crippen LogP contribution in [0.3, 0.4) is 0 Å². The van der Waals surface area contributed by atoms with Crippen molar-refractivity contribution in [3.63, 3.8) is 0 Å². The number of ether oxygens (including phenoxy) is 3. The molecule has 3 unspecified atom stereocenters. The number of hydrogen-bond acceptors (Lipinski definition) is 3. The average Bonchev–Trinajstić information content (AvgIpc) is 2.53. The van der Waals surface area contributed by atoms with E-state index in [1.807, 2.05) is 0 Å². The molecule has 0 amide bonds. The lowest BCUT2D eigenvalue weighted by molar-refractivity contribution is -0.0299. The summed E-state index contributed by atoms with van der Waals surface area (Å²) in [4.78, 5) is 0. The second kappa shape index (κ2) is 8.43. The third-order valence-electron chi connectivity index (χ3n) is 3.85. The van der Waals surface area contributed by atoms with Crippen molar-refractivity contribution in [1.29, 1.82) is 0 Å². The molecule has 3 atom stereocenters. The third kappa shape index (κ3) is 5.03. The summed E-state index contributed by atoms with van der Waals surface area (Å²) in [7, 11) is 0. The zero-order valence-electron chi connectivity index (χ0n) is 13.5. The summed E-state index contributed by atoms with van der Waals surface area (Å²) in [5.41, 5.74) is 0. The number of rotatable bonds is 7. The van der Waals surface area contributed by atoms with Crippen molar-refractivity contribution < 1.29 is 27.4 Å². The standard InChI is InChI=1S/C17H23F3O3/c1-3-21-14-6-7-15(17(20)16(14)19)23-10-12(18)8-13-5-4-11(2)9-22-13/h6-7,11-13H,3-5,8-10H2,1-2H3. The van der Waals surface area contributed by atoms with Gasteiger partial charge in [0.25, 0.3) is 0 Å². The van der Waals surface area contributed by atoms with E-state index in [0.29, 0.717) is 12.5 Å². The highest BCUT2D eigenvalue weighted by atomic mass is 19.2. The van der Waals surface area contributed by atoms with Crippen LogP contribution >= 0.6 is 0 Å². The Bertz CT molecular complexity index is 502. The Kier molecular flexibility index (Phi) is 6.57. The average molecular weight is 332 g/mol. The minimum Gasteiger partial charge on any atom is -0.491 e. The molecular weight excluding hydrogens is 309 g/mol. The van der Waals surface area contributed by atoms with E-state index < -0.39 is 17.8 Å². The van der Waals surface area contributed by atoms with Crippen LogP contribution < -0.4 is 9.47 Å². The number of alkyl halides is 1. The van der Waals surface area contributed by atoms with Crippen molar-refractivity contribution >= 4 is 0 Å². The predicted octanol–water partition coefficient (Wildman–Crippen LogP) is 4.29. The topological polar surface area (TPSA) is 27.7 Å². The van der Waals surface area contributed by atoms with Crippen LogP contribution in [0.2, 0.25) is 0 Å². The first kappa shape index (κ1) is 17.9. The molecular formula is C17H23F3O3. The maximum atomic E-state index is 14.0. The molecule has 0 spiro atoms. The van der Waals surface area contributed by atoms with Crippen molar-refractivity contribution in [3.05, 3.63) is 23.8 Å². The minimum absolute atomic E-state index is 0.133. The van der Waals surface area contributed by atoms with Gasteiger partial charge in [0.2, 0.25) is 11.6 Å². The van der Waals surface area contributed by atoms with Crippen LogP contribution in [-0.2, 0) is 4.74 Å². The number of benzene rings is 1. The molecule has 0 aromatic heterocycles. The van der Waals surface area contributed by atoms with Crippen molar-refractivity contribution in [2.45, 2.75) is 45.4 Å². The maximum Gasteiger partial charge on any atom is 0.204 e. The molecule has 1 aromatic rings. The molecule has 0 saturated carbocycles. The van der Waals surface area contributed by atoms with E-state index in [0.717, 1.165) is 12.8 Å². The van der Waals surface area contributed by atoms with Crippen LogP contribution in [0.4, 0.5) is 13.2 Å². The van der Waals surface area contributed by atoms with E-state index in [4.69, 9.17) is 14.2 Å². The van der Waals surface area contributed by atoms with Gasteiger partial charge in [-0.3, -0.25) is 0 Å².